The molecule has 0 aliphatic carbocycles. The molecule has 2 heterocycles. The van der Waals surface area contributed by atoms with Gasteiger partial charge in [-0.05, 0) is 31.4 Å². The third-order valence-electron chi connectivity index (χ3n) is 4.19. The summed E-state index contributed by atoms with van der Waals surface area (Å²) < 4.78 is 0. The maximum Gasteiger partial charge on any atom is 0.270 e. The molecule has 6 heteroatoms. The van der Waals surface area contributed by atoms with Gasteiger partial charge in [0.15, 0.2) is 0 Å². The monoisotopic (exact) mass is 275 g/mol. The van der Waals surface area contributed by atoms with Gasteiger partial charge in [0.2, 0.25) is 0 Å². The molecule has 1 amide bonds. The summed E-state index contributed by atoms with van der Waals surface area (Å²) in [6.07, 6.45) is 2.30. The first kappa shape index (κ1) is 13.1. The van der Waals surface area contributed by atoms with Gasteiger partial charge in [0.1, 0.15) is 0 Å². The molecule has 2 fully saturated rings. The molecule has 20 heavy (non-hydrogen) atoms. The van der Waals surface area contributed by atoms with E-state index in [1.54, 1.807) is 12.1 Å². The summed E-state index contributed by atoms with van der Waals surface area (Å²) in [6, 6.07) is 6.35. The van der Waals surface area contributed by atoms with Gasteiger partial charge in [-0.2, -0.15) is 0 Å². The first-order valence-electron chi connectivity index (χ1n) is 6.92. The third-order valence-corrected chi connectivity index (χ3v) is 4.19. The number of benzene rings is 1. The van der Waals surface area contributed by atoms with Crippen LogP contribution in [0.3, 0.4) is 0 Å². The zero-order valence-corrected chi connectivity index (χ0v) is 11.1. The lowest BCUT2D eigenvalue weighted by molar-refractivity contribution is -0.384. The molecular weight excluding hydrogens is 258 g/mol. The van der Waals surface area contributed by atoms with Gasteiger partial charge in [0.25, 0.3) is 11.6 Å². The lowest BCUT2D eigenvalue weighted by Crippen LogP contribution is -2.41. The minimum atomic E-state index is -0.470. The molecule has 2 unspecified atom stereocenters. The third kappa shape index (κ3) is 2.38. The second-order valence-corrected chi connectivity index (χ2v) is 5.48. The standard InChI is InChI=1S/C14H17N3O3/c18-14(10-3-1-5-12(7-10)17(19)20)16-8-11-4-2-6-15-13(11)9-16/h1,3,5,7,11,13,15H,2,4,6,8-9H2. The Balaban J connectivity index is 1.76. The van der Waals surface area contributed by atoms with Gasteiger partial charge in [-0.25, -0.2) is 0 Å². The maximum atomic E-state index is 12.4. The van der Waals surface area contributed by atoms with Gasteiger partial charge in [0.05, 0.1) is 4.92 Å². The van der Waals surface area contributed by atoms with Crippen LogP contribution in [-0.4, -0.2) is 41.4 Å². The summed E-state index contributed by atoms with van der Waals surface area (Å²) in [7, 11) is 0. The number of likely N-dealkylation sites (tertiary alicyclic amines) is 1. The molecule has 0 radical (unpaired) electrons. The first-order chi connectivity index (χ1) is 9.65. The van der Waals surface area contributed by atoms with Gasteiger partial charge in [0, 0.05) is 36.8 Å². The summed E-state index contributed by atoms with van der Waals surface area (Å²) >= 11 is 0. The zero-order chi connectivity index (χ0) is 14.1. The molecule has 1 N–H and O–H groups in total. The van der Waals surface area contributed by atoms with E-state index in [1.807, 2.05) is 4.90 Å². The number of hydrogen-bond acceptors (Lipinski definition) is 4. The molecular formula is C14H17N3O3. The van der Waals surface area contributed by atoms with Gasteiger partial charge < -0.3 is 10.2 Å². The Morgan fingerprint density at radius 2 is 2.25 bits per heavy atom. The summed E-state index contributed by atoms with van der Waals surface area (Å²) in [5, 5.41) is 14.2. The Morgan fingerprint density at radius 1 is 1.40 bits per heavy atom. The van der Waals surface area contributed by atoms with Crippen LogP contribution in [0.5, 0.6) is 0 Å². The van der Waals surface area contributed by atoms with Crippen molar-refractivity contribution in [3.05, 3.63) is 39.9 Å². The van der Waals surface area contributed by atoms with Crippen LogP contribution in [0.25, 0.3) is 0 Å². The number of rotatable bonds is 2. The number of carbonyl (C=O) groups is 1. The fraction of sp³-hybridized carbons (Fsp3) is 0.500. The van der Waals surface area contributed by atoms with Crippen LogP contribution in [0.2, 0.25) is 0 Å². The number of piperidine rings is 1. The minimum Gasteiger partial charge on any atom is -0.337 e. The maximum absolute atomic E-state index is 12.4. The molecule has 2 aliphatic rings. The Morgan fingerprint density at radius 3 is 3.00 bits per heavy atom. The highest BCUT2D eigenvalue weighted by Crippen LogP contribution is 2.26. The second-order valence-electron chi connectivity index (χ2n) is 5.48. The molecule has 2 atom stereocenters. The van der Waals surface area contributed by atoms with Crippen LogP contribution in [-0.2, 0) is 0 Å². The number of nitro benzene ring substituents is 1. The average Bonchev–Trinajstić information content (AvgIpc) is 2.90. The summed E-state index contributed by atoms with van der Waals surface area (Å²) in [6.45, 7) is 2.46. The number of nitro groups is 1. The van der Waals surface area contributed by atoms with Crippen LogP contribution in [0, 0.1) is 16.0 Å². The van der Waals surface area contributed by atoms with Crippen LogP contribution in [0.4, 0.5) is 5.69 Å². The van der Waals surface area contributed by atoms with E-state index in [2.05, 4.69) is 5.32 Å². The van der Waals surface area contributed by atoms with Gasteiger partial charge in [-0.3, -0.25) is 14.9 Å². The van der Waals surface area contributed by atoms with E-state index in [0.717, 1.165) is 25.9 Å². The van der Waals surface area contributed by atoms with Crippen LogP contribution in [0.15, 0.2) is 24.3 Å². The quantitative estimate of drug-likeness (QED) is 0.654. The number of nitrogens with one attached hydrogen (secondary N) is 1. The number of nitrogens with zero attached hydrogens (tertiary/aromatic N) is 2. The fourth-order valence-corrected chi connectivity index (χ4v) is 3.15. The molecule has 106 valence electrons. The van der Waals surface area contributed by atoms with Crippen LogP contribution < -0.4 is 5.32 Å². The minimum absolute atomic E-state index is 0.0365. The topological polar surface area (TPSA) is 75.5 Å². The summed E-state index contributed by atoms with van der Waals surface area (Å²) in [5.41, 5.74) is 0.364. The highest BCUT2D eigenvalue weighted by molar-refractivity contribution is 5.95. The van der Waals surface area contributed by atoms with Crippen molar-refractivity contribution in [3.8, 4) is 0 Å². The van der Waals surface area contributed by atoms with Crippen molar-refractivity contribution in [2.24, 2.45) is 5.92 Å². The van der Waals surface area contributed by atoms with Crippen molar-refractivity contribution in [1.29, 1.82) is 0 Å². The van der Waals surface area contributed by atoms with Crippen molar-refractivity contribution in [2.45, 2.75) is 18.9 Å². The number of non-ortho nitro benzene ring substituents is 1. The van der Waals surface area contributed by atoms with Crippen molar-refractivity contribution in [2.75, 3.05) is 19.6 Å². The Bertz CT molecular complexity index is 532. The SMILES string of the molecule is O=C(c1cccc([N+](=O)[O-])c1)N1CC2CCCNC2C1. The smallest absolute Gasteiger partial charge is 0.270 e. The van der Waals surface area contributed by atoms with Crippen LogP contribution >= 0.6 is 0 Å². The molecule has 1 aromatic carbocycles. The van der Waals surface area contributed by atoms with Gasteiger partial charge >= 0.3 is 0 Å². The average molecular weight is 275 g/mol. The van der Waals surface area contributed by atoms with E-state index < -0.39 is 4.92 Å². The predicted molar refractivity (Wildman–Crippen MR) is 73.5 cm³/mol. The number of carbonyl (C=O) groups excluding carboxylic acids is 1. The summed E-state index contributed by atoms with van der Waals surface area (Å²) in [4.78, 5) is 24.6. The molecule has 0 saturated carbocycles. The number of amides is 1. The Labute approximate surface area is 116 Å². The molecule has 2 saturated heterocycles. The molecule has 1 aromatic rings. The van der Waals surface area contributed by atoms with E-state index in [0.29, 0.717) is 24.1 Å². The van der Waals surface area contributed by atoms with Crippen molar-refractivity contribution >= 4 is 11.6 Å². The first-order valence-corrected chi connectivity index (χ1v) is 6.92. The molecule has 0 spiro atoms. The van der Waals surface area contributed by atoms with Gasteiger partial charge in [-0.1, -0.05) is 6.07 Å². The van der Waals surface area contributed by atoms with Crippen molar-refractivity contribution in [3.63, 3.8) is 0 Å². The van der Waals surface area contributed by atoms with E-state index in [-0.39, 0.29) is 11.6 Å². The highest BCUT2D eigenvalue weighted by Gasteiger charge is 2.36. The van der Waals surface area contributed by atoms with Crippen molar-refractivity contribution in [1.82, 2.24) is 10.2 Å². The van der Waals surface area contributed by atoms with Crippen molar-refractivity contribution < 1.29 is 9.72 Å². The molecule has 0 bridgehead atoms. The largest absolute Gasteiger partial charge is 0.337 e. The normalized spacial score (nSPS) is 25.3. The molecule has 2 aliphatic heterocycles. The van der Waals surface area contributed by atoms with E-state index in [1.165, 1.54) is 12.1 Å². The fourth-order valence-electron chi connectivity index (χ4n) is 3.15. The van der Waals surface area contributed by atoms with E-state index >= 15 is 0 Å². The highest BCUT2D eigenvalue weighted by atomic mass is 16.6. The number of hydrogen-bond donors (Lipinski definition) is 1. The predicted octanol–water partition coefficient (Wildman–Crippen LogP) is 1.42. The molecule has 6 nitrogen and oxygen atoms in total. The van der Waals surface area contributed by atoms with Crippen LogP contribution in [0.1, 0.15) is 23.2 Å². The lowest BCUT2D eigenvalue weighted by Gasteiger charge is -2.24. The van der Waals surface area contributed by atoms with Gasteiger partial charge in [-0.15, -0.1) is 0 Å². The summed E-state index contributed by atoms with van der Waals surface area (Å²) in [5.74, 6) is 0.413. The van der Waals surface area contributed by atoms with E-state index in [4.69, 9.17) is 0 Å². The Kier molecular flexibility index (Phi) is 3.40. The Hall–Kier alpha value is -1.95. The zero-order valence-electron chi connectivity index (χ0n) is 11.1. The lowest BCUT2D eigenvalue weighted by atomic mass is 9.94. The second kappa shape index (κ2) is 5.20. The number of fused-ring (bicyclic) bond motifs is 1. The molecule has 0 aromatic heterocycles. The van der Waals surface area contributed by atoms with E-state index in [9.17, 15) is 14.9 Å². The molecule has 3 rings (SSSR count).